The summed E-state index contributed by atoms with van der Waals surface area (Å²) in [5, 5.41) is 11.7. The largest absolute Gasteiger partial charge is 0.463 e. The fourth-order valence-corrected chi connectivity index (χ4v) is 4.70. The zero-order chi connectivity index (χ0) is 26.1. The molecule has 0 saturated carbocycles. The molecular formula is C23H20F3N3O5S. The van der Waals surface area contributed by atoms with Crippen molar-refractivity contribution in [2.45, 2.75) is 31.0 Å². The number of carbonyl (C=O) groups excluding carboxylic acids is 2. The van der Waals surface area contributed by atoms with Crippen LogP contribution in [-0.4, -0.2) is 33.3 Å². The number of rotatable bonds is 5. The molecule has 1 N–H and O–H groups in total. The van der Waals surface area contributed by atoms with Crippen molar-refractivity contribution in [2.24, 2.45) is 0 Å². The predicted octanol–water partition coefficient (Wildman–Crippen LogP) is 4.09. The van der Waals surface area contributed by atoms with Crippen LogP contribution < -0.4 is 10.2 Å². The maximum Gasteiger partial charge on any atom is 0.416 e. The zero-order valence-corrected chi connectivity index (χ0v) is 19.6. The van der Waals surface area contributed by atoms with Crippen LogP contribution in [0.4, 0.5) is 23.7 Å². The van der Waals surface area contributed by atoms with Crippen molar-refractivity contribution in [1.82, 2.24) is 5.32 Å². The van der Waals surface area contributed by atoms with Crippen LogP contribution in [0.5, 0.6) is 0 Å². The SMILES string of the molecule is CCOC(=O)C1=C(C)N(c2cccc(C(F)(F)F)c2)C(=O)NC1c1ccc(C#N)cc1S(C)(=O)=O. The molecule has 0 aromatic heterocycles. The quantitative estimate of drug-likeness (QED) is 0.610. The van der Waals surface area contributed by atoms with Crippen LogP contribution in [0.15, 0.2) is 58.6 Å². The van der Waals surface area contributed by atoms with Crippen LogP contribution in [-0.2, 0) is 25.5 Å². The van der Waals surface area contributed by atoms with Crippen molar-refractivity contribution in [3.05, 3.63) is 70.4 Å². The molecule has 1 heterocycles. The minimum atomic E-state index is -4.67. The molecular weight excluding hydrogens is 487 g/mol. The van der Waals surface area contributed by atoms with E-state index in [0.29, 0.717) is 0 Å². The molecule has 2 aromatic carbocycles. The van der Waals surface area contributed by atoms with Gasteiger partial charge in [0.05, 0.1) is 46.0 Å². The summed E-state index contributed by atoms with van der Waals surface area (Å²) in [6, 6.07) is 7.38. The molecule has 35 heavy (non-hydrogen) atoms. The number of hydrogen-bond acceptors (Lipinski definition) is 6. The first-order chi connectivity index (χ1) is 16.3. The van der Waals surface area contributed by atoms with Crippen molar-refractivity contribution in [2.75, 3.05) is 17.8 Å². The number of alkyl halides is 3. The number of anilines is 1. The molecule has 2 aromatic rings. The number of benzene rings is 2. The molecule has 1 unspecified atom stereocenters. The lowest BCUT2D eigenvalue weighted by atomic mass is 9.93. The van der Waals surface area contributed by atoms with Gasteiger partial charge in [-0.05, 0) is 49.7 Å². The summed E-state index contributed by atoms with van der Waals surface area (Å²) in [7, 11) is -3.92. The number of amides is 2. The van der Waals surface area contributed by atoms with E-state index in [9.17, 15) is 36.4 Å². The van der Waals surface area contributed by atoms with E-state index in [1.54, 1.807) is 6.92 Å². The van der Waals surface area contributed by atoms with E-state index in [4.69, 9.17) is 4.74 Å². The summed E-state index contributed by atoms with van der Waals surface area (Å²) in [6.07, 6.45) is -3.76. The number of nitrogens with one attached hydrogen (secondary N) is 1. The van der Waals surface area contributed by atoms with Gasteiger partial charge in [-0.3, -0.25) is 4.90 Å². The number of allylic oxidation sites excluding steroid dienone is 1. The Labute approximate surface area is 199 Å². The van der Waals surface area contributed by atoms with E-state index < -0.39 is 39.6 Å². The second-order valence-electron chi connectivity index (χ2n) is 7.62. The van der Waals surface area contributed by atoms with E-state index in [1.807, 2.05) is 6.07 Å². The van der Waals surface area contributed by atoms with Gasteiger partial charge in [-0.2, -0.15) is 18.4 Å². The average molecular weight is 507 g/mol. The number of sulfone groups is 1. The Bertz CT molecular complexity index is 1380. The van der Waals surface area contributed by atoms with Gasteiger partial charge in [0.1, 0.15) is 0 Å². The van der Waals surface area contributed by atoms with Crippen molar-refractivity contribution in [3.8, 4) is 6.07 Å². The van der Waals surface area contributed by atoms with Gasteiger partial charge in [0, 0.05) is 12.0 Å². The van der Waals surface area contributed by atoms with Crippen molar-refractivity contribution in [3.63, 3.8) is 0 Å². The number of nitriles is 1. The first-order valence-corrected chi connectivity index (χ1v) is 12.1. The van der Waals surface area contributed by atoms with E-state index in [0.717, 1.165) is 35.4 Å². The molecule has 0 radical (unpaired) electrons. The van der Waals surface area contributed by atoms with E-state index in [-0.39, 0.29) is 39.6 Å². The summed E-state index contributed by atoms with van der Waals surface area (Å²) < 4.78 is 69.8. The highest BCUT2D eigenvalue weighted by Crippen LogP contribution is 2.38. The summed E-state index contributed by atoms with van der Waals surface area (Å²) in [6.45, 7) is 2.84. The second kappa shape index (κ2) is 9.42. The van der Waals surface area contributed by atoms with Gasteiger partial charge < -0.3 is 10.1 Å². The fraction of sp³-hybridized carbons (Fsp3) is 0.261. The molecule has 1 aliphatic heterocycles. The standard InChI is InChI=1S/C23H20F3N3O5S/c1-4-34-21(30)19-13(2)29(16-7-5-6-15(11-16)23(24,25)26)22(31)28-20(19)17-9-8-14(12-27)10-18(17)35(3,32)33/h5-11,20H,4H2,1-3H3,(H,28,31). The summed E-state index contributed by atoms with van der Waals surface area (Å²) >= 11 is 0. The van der Waals surface area contributed by atoms with Gasteiger partial charge in [-0.25, -0.2) is 18.0 Å². The van der Waals surface area contributed by atoms with Gasteiger partial charge in [0.2, 0.25) is 0 Å². The lowest BCUT2D eigenvalue weighted by molar-refractivity contribution is -0.139. The van der Waals surface area contributed by atoms with Crippen LogP contribution in [0.3, 0.4) is 0 Å². The molecule has 0 saturated heterocycles. The molecule has 0 aliphatic carbocycles. The van der Waals surface area contributed by atoms with Gasteiger partial charge >= 0.3 is 18.2 Å². The van der Waals surface area contributed by atoms with Gasteiger partial charge in [0.15, 0.2) is 9.84 Å². The van der Waals surface area contributed by atoms with E-state index in [1.165, 1.54) is 25.1 Å². The Kier molecular flexibility index (Phi) is 6.94. The second-order valence-corrected chi connectivity index (χ2v) is 9.61. The monoisotopic (exact) mass is 507 g/mol. The van der Waals surface area contributed by atoms with Crippen molar-refractivity contribution < 1.29 is 35.9 Å². The summed E-state index contributed by atoms with van der Waals surface area (Å²) in [5.41, 5.74) is -1.31. The van der Waals surface area contributed by atoms with Gasteiger partial charge in [-0.1, -0.05) is 12.1 Å². The van der Waals surface area contributed by atoms with Crippen molar-refractivity contribution in [1.29, 1.82) is 5.26 Å². The molecule has 0 spiro atoms. The number of carbonyl (C=O) groups is 2. The normalized spacial score (nSPS) is 16.5. The highest BCUT2D eigenvalue weighted by atomic mass is 32.2. The van der Waals surface area contributed by atoms with Crippen LogP contribution in [0.2, 0.25) is 0 Å². The Morgan fingerprint density at radius 3 is 2.49 bits per heavy atom. The highest BCUT2D eigenvalue weighted by Gasteiger charge is 2.40. The Balaban J connectivity index is 2.26. The first-order valence-electron chi connectivity index (χ1n) is 10.2. The third-order valence-corrected chi connectivity index (χ3v) is 6.42. The van der Waals surface area contributed by atoms with Crippen molar-refractivity contribution >= 4 is 27.5 Å². The van der Waals surface area contributed by atoms with Crippen LogP contribution in [0, 0.1) is 11.3 Å². The molecule has 0 bridgehead atoms. The van der Waals surface area contributed by atoms with Gasteiger partial charge in [-0.15, -0.1) is 0 Å². The number of halogens is 3. The highest BCUT2D eigenvalue weighted by molar-refractivity contribution is 7.90. The maximum absolute atomic E-state index is 13.3. The lowest BCUT2D eigenvalue weighted by Crippen LogP contribution is -2.48. The number of hydrogen-bond donors (Lipinski definition) is 1. The van der Waals surface area contributed by atoms with Crippen LogP contribution >= 0.6 is 0 Å². The molecule has 12 heteroatoms. The smallest absolute Gasteiger partial charge is 0.416 e. The molecule has 184 valence electrons. The molecule has 3 rings (SSSR count). The molecule has 2 amide bonds. The molecule has 1 atom stereocenters. The fourth-order valence-electron chi connectivity index (χ4n) is 3.75. The molecule has 8 nitrogen and oxygen atoms in total. The summed E-state index contributed by atoms with van der Waals surface area (Å²) in [4.78, 5) is 26.7. The number of esters is 1. The number of nitrogens with zero attached hydrogens (tertiary/aromatic N) is 2. The third kappa shape index (κ3) is 5.14. The first kappa shape index (κ1) is 25.8. The Morgan fingerprint density at radius 2 is 1.91 bits per heavy atom. The number of urea groups is 1. The zero-order valence-electron chi connectivity index (χ0n) is 18.8. The minimum Gasteiger partial charge on any atom is -0.463 e. The summed E-state index contributed by atoms with van der Waals surface area (Å²) in [5.74, 6) is -0.893. The topological polar surface area (TPSA) is 117 Å². The minimum absolute atomic E-state index is 0.00550. The number of ether oxygens (including phenoxy) is 1. The Morgan fingerprint density at radius 1 is 1.23 bits per heavy atom. The molecule has 0 fully saturated rings. The lowest BCUT2D eigenvalue weighted by Gasteiger charge is -2.36. The van der Waals surface area contributed by atoms with E-state index >= 15 is 0 Å². The van der Waals surface area contributed by atoms with Gasteiger partial charge in [0.25, 0.3) is 0 Å². The molecule has 1 aliphatic rings. The predicted molar refractivity (Wildman–Crippen MR) is 119 cm³/mol. The Hall–Kier alpha value is -3.85. The maximum atomic E-state index is 13.3. The average Bonchev–Trinajstić information content (AvgIpc) is 2.77. The third-order valence-electron chi connectivity index (χ3n) is 5.26. The van der Waals surface area contributed by atoms with Crippen LogP contribution in [0.25, 0.3) is 0 Å². The van der Waals surface area contributed by atoms with Crippen LogP contribution in [0.1, 0.15) is 36.6 Å². The van der Waals surface area contributed by atoms with E-state index in [2.05, 4.69) is 5.32 Å².